The van der Waals surface area contributed by atoms with E-state index >= 15 is 0 Å². The Morgan fingerprint density at radius 3 is 2.32 bits per heavy atom. The van der Waals surface area contributed by atoms with Crippen LogP contribution in [-0.2, 0) is 13.2 Å². The molecule has 0 spiro atoms. The average Bonchev–Trinajstić information content (AvgIpc) is 3.49. The number of rotatable bonds is 7. The third-order valence-electron chi connectivity index (χ3n) is 6.81. The van der Waals surface area contributed by atoms with E-state index in [4.69, 9.17) is 16.3 Å². The molecule has 1 aliphatic rings. The van der Waals surface area contributed by atoms with Gasteiger partial charge in [0.05, 0.1) is 11.7 Å². The van der Waals surface area contributed by atoms with Crippen molar-refractivity contribution in [2.75, 3.05) is 0 Å². The second-order valence-electron chi connectivity index (χ2n) is 9.40. The van der Waals surface area contributed by atoms with Crippen molar-refractivity contribution < 1.29 is 9.53 Å². The Kier molecular flexibility index (Phi) is 6.40. The van der Waals surface area contributed by atoms with Gasteiger partial charge >= 0.3 is 0 Å². The molecule has 6 rings (SSSR count). The molecule has 0 saturated heterocycles. The van der Waals surface area contributed by atoms with Crippen LogP contribution < -0.4 is 4.74 Å². The van der Waals surface area contributed by atoms with Gasteiger partial charge in [0.2, 0.25) is 0 Å². The summed E-state index contributed by atoms with van der Waals surface area (Å²) in [5, 5.41) is 8.30. The molecular weight excluding hydrogens is 496 g/mol. The molecule has 1 aliphatic heterocycles. The van der Waals surface area contributed by atoms with Crippen molar-refractivity contribution in [1.29, 1.82) is 0 Å². The topological polar surface area (TPSA) is 71.1 Å². The first-order chi connectivity index (χ1) is 18.6. The Morgan fingerprint density at radius 1 is 0.895 bits per heavy atom. The molecule has 1 unspecified atom stereocenters. The van der Waals surface area contributed by atoms with E-state index in [-0.39, 0.29) is 11.9 Å². The van der Waals surface area contributed by atoms with Gasteiger partial charge in [-0.15, -0.1) is 0 Å². The summed E-state index contributed by atoms with van der Waals surface area (Å²) in [6.45, 7) is 2.95. The minimum atomic E-state index is -0.300. The molecule has 1 amide bonds. The highest BCUT2D eigenvalue weighted by molar-refractivity contribution is 6.30. The monoisotopic (exact) mass is 520 g/mol. The fourth-order valence-electron chi connectivity index (χ4n) is 4.82. The number of carbonyl (C=O) groups is 1. The van der Waals surface area contributed by atoms with Crippen molar-refractivity contribution >= 4 is 17.5 Å². The van der Waals surface area contributed by atoms with E-state index in [0.29, 0.717) is 23.9 Å². The quantitative estimate of drug-likeness (QED) is 0.257. The van der Waals surface area contributed by atoms with E-state index < -0.39 is 0 Å². The van der Waals surface area contributed by atoms with Gasteiger partial charge < -0.3 is 9.64 Å². The number of H-pyrrole nitrogens is 1. The summed E-state index contributed by atoms with van der Waals surface area (Å²) in [5.41, 5.74) is 7.39. The molecular formula is C31H25ClN4O2. The number of carbonyl (C=O) groups excluding carboxylic acids is 1. The maximum Gasteiger partial charge on any atom is 0.273 e. The van der Waals surface area contributed by atoms with Crippen LogP contribution in [-0.4, -0.2) is 26.0 Å². The van der Waals surface area contributed by atoms with Gasteiger partial charge in [0.25, 0.3) is 5.91 Å². The first kappa shape index (κ1) is 23.9. The van der Waals surface area contributed by atoms with Crippen LogP contribution in [0, 0.1) is 6.92 Å². The zero-order valence-corrected chi connectivity index (χ0v) is 21.5. The molecule has 6 nitrogen and oxygen atoms in total. The number of amides is 1. The predicted molar refractivity (Wildman–Crippen MR) is 147 cm³/mol. The molecule has 3 aromatic carbocycles. The van der Waals surface area contributed by atoms with Crippen LogP contribution in [0.5, 0.6) is 5.75 Å². The first-order valence-corrected chi connectivity index (χ1v) is 12.8. The van der Waals surface area contributed by atoms with E-state index in [1.54, 1.807) is 12.4 Å². The number of ether oxygens (including phenoxy) is 1. The Balaban J connectivity index is 1.34. The number of benzene rings is 3. The molecule has 2 aromatic heterocycles. The van der Waals surface area contributed by atoms with Crippen LogP contribution in [0.25, 0.3) is 11.3 Å². The highest BCUT2D eigenvalue weighted by Crippen LogP contribution is 2.43. The molecule has 0 fully saturated rings. The Labute approximate surface area is 225 Å². The van der Waals surface area contributed by atoms with E-state index in [9.17, 15) is 4.79 Å². The van der Waals surface area contributed by atoms with Crippen LogP contribution in [0.3, 0.4) is 0 Å². The minimum Gasteiger partial charge on any atom is -0.489 e. The Bertz CT molecular complexity index is 1560. The SMILES string of the molecule is Cc1ccc(-c2n[nH]c3c2C(c2ccc(OCc4ccc(Cl)cc4)cc2)N(Cc2ccncc2)C3=O)cc1. The van der Waals surface area contributed by atoms with Crippen molar-refractivity contribution in [2.45, 2.75) is 26.1 Å². The maximum atomic E-state index is 13.6. The highest BCUT2D eigenvalue weighted by atomic mass is 35.5. The lowest BCUT2D eigenvalue weighted by molar-refractivity contribution is 0.0730. The van der Waals surface area contributed by atoms with Crippen LogP contribution in [0.15, 0.2) is 97.3 Å². The summed E-state index contributed by atoms with van der Waals surface area (Å²) in [6.07, 6.45) is 3.49. The van der Waals surface area contributed by atoms with Gasteiger partial charge in [0.15, 0.2) is 0 Å². The summed E-state index contributed by atoms with van der Waals surface area (Å²) in [6, 6.07) is 27.3. The highest BCUT2D eigenvalue weighted by Gasteiger charge is 2.42. The third kappa shape index (κ3) is 4.66. The van der Waals surface area contributed by atoms with Crippen molar-refractivity contribution in [3.63, 3.8) is 0 Å². The number of aryl methyl sites for hydroxylation is 1. The number of nitrogens with one attached hydrogen (secondary N) is 1. The molecule has 1 N–H and O–H groups in total. The average molecular weight is 521 g/mol. The van der Waals surface area contributed by atoms with E-state index in [1.807, 2.05) is 77.7 Å². The summed E-state index contributed by atoms with van der Waals surface area (Å²) in [7, 11) is 0. The minimum absolute atomic E-state index is 0.0734. The van der Waals surface area contributed by atoms with Crippen molar-refractivity contribution in [3.05, 3.63) is 136 Å². The van der Waals surface area contributed by atoms with Gasteiger partial charge in [0.1, 0.15) is 18.1 Å². The van der Waals surface area contributed by atoms with E-state index in [1.165, 1.54) is 5.56 Å². The predicted octanol–water partition coefficient (Wildman–Crippen LogP) is 6.76. The summed E-state index contributed by atoms with van der Waals surface area (Å²) in [5.74, 6) is 0.677. The zero-order chi connectivity index (χ0) is 26.1. The molecule has 188 valence electrons. The number of pyridine rings is 1. The number of aromatic nitrogens is 3. The molecule has 0 bridgehead atoms. The lowest BCUT2D eigenvalue weighted by Crippen LogP contribution is -2.29. The van der Waals surface area contributed by atoms with Crippen LogP contribution >= 0.6 is 11.6 Å². The Morgan fingerprint density at radius 2 is 1.61 bits per heavy atom. The fraction of sp³-hybridized carbons (Fsp3) is 0.129. The first-order valence-electron chi connectivity index (χ1n) is 12.4. The third-order valence-corrected chi connectivity index (χ3v) is 7.06. The molecule has 0 saturated carbocycles. The van der Waals surface area contributed by atoms with Gasteiger partial charge in [-0.1, -0.05) is 65.7 Å². The molecule has 3 heterocycles. The van der Waals surface area contributed by atoms with Crippen molar-refractivity contribution in [1.82, 2.24) is 20.1 Å². The smallest absolute Gasteiger partial charge is 0.273 e. The molecule has 7 heteroatoms. The summed E-state index contributed by atoms with van der Waals surface area (Å²) < 4.78 is 6.00. The summed E-state index contributed by atoms with van der Waals surface area (Å²) in [4.78, 5) is 19.6. The second kappa shape index (κ2) is 10.1. The second-order valence-corrected chi connectivity index (χ2v) is 9.84. The standard InChI is InChI=1S/C31H25ClN4O2/c1-20-2-6-23(7-3-20)28-27-29(35-34-28)31(37)36(18-21-14-16-33-17-15-21)30(27)24-8-12-26(13-9-24)38-19-22-4-10-25(32)11-5-22/h2-17,30H,18-19H2,1H3,(H,34,35). The van der Waals surface area contributed by atoms with Gasteiger partial charge in [-0.2, -0.15) is 5.10 Å². The number of hydrogen-bond donors (Lipinski definition) is 1. The number of fused-ring (bicyclic) bond motifs is 1. The van der Waals surface area contributed by atoms with Crippen LogP contribution in [0.1, 0.15) is 44.3 Å². The lowest BCUT2D eigenvalue weighted by Gasteiger charge is -2.26. The van der Waals surface area contributed by atoms with Gasteiger partial charge in [0, 0.05) is 35.1 Å². The molecule has 5 aromatic rings. The number of hydrogen-bond acceptors (Lipinski definition) is 4. The van der Waals surface area contributed by atoms with Crippen LogP contribution in [0.4, 0.5) is 0 Å². The number of halogens is 1. The van der Waals surface area contributed by atoms with Crippen molar-refractivity contribution in [3.8, 4) is 17.0 Å². The summed E-state index contributed by atoms with van der Waals surface area (Å²) >= 11 is 5.99. The molecule has 0 aliphatic carbocycles. The van der Waals surface area contributed by atoms with E-state index in [0.717, 1.165) is 39.3 Å². The molecule has 1 atom stereocenters. The van der Waals surface area contributed by atoms with Crippen molar-refractivity contribution in [2.24, 2.45) is 0 Å². The normalized spacial score (nSPS) is 14.5. The Hall–Kier alpha value is -4.42. The fourth-order valence-corrected chi connectivity index (χ4v) is 4.94. The lowest BCUT2D eigenvalue weighted by atomic mass is 9.95. The van der Waals surface area contributed by atoms with E-state index in [2.05, 4.69) is 34.2 Å². The molecule has 0 radical (unpaired) electrons. The largest absolute Gasteiger partial charge is 0.489 e. The number of aromatic amines is 1. The van der Waals surface area contributed by atoms with Crippen LogP contribution in [0.2, 0.25) is 5.02 Å². The van der Waals surface area contributed by atoms with Gasteiger partial charge in [-0.05, 0) is 60.0 Å². The van der Waals surface area contributed by atoms with Gasteiger partial charge in [-0.25, -0.2) is 0 Å². The maximum absolute atomic E-state index is 13.6. The zero-order valence-electron chi connectivity index (χ0n) is 20.8. The van der Waals surface area contributed by atoms with Gasteiger partial charge in [-0.3, -0.25) is 14.9 Å². The molecule has 38 heavy (non-hydrogen) atoms. The number of nitrogens with zero attached hydrogens (tertiary/aromatic N) is 3.